The molecule has 24 heavy (non-hydrogen) atoms. The van der Waals surface area contributed by atoms with Crippen LogP contribution in [-0.2, 0) is 0 Å². The standard InChI is InChI=1S/C16H14ClN3O3S/c17-13-7-11(23-10-3-1-2-9(22)6-10)4-5-12(13)15-19-20-16(24-15)14(18)8-21/h1-7,14,21-22H,8,18H2/t14-/m0/s1. The number of hydrogen-bond donors (Lipinski definition) is 3. The Morgan fingerprint density at radius 3 is 2.67 bits per heavy atom. The number of hydrogen-bond acceptors (Lipinski definition) is 7. The Bertz CT molecular complexity index is 856. The van der Waals surface area contributed by atoms with Crippen molar-refractivity contribution in [3.05, 3.63) is 52.5 Å². The van der Waals surface area contributed by atoms with E-state index in [0.717, 1.165) is 0 Å². The van der Waals surface area contributed by atoms with Gasteiger partial charge in [-0.2, -0.15) is 0 Å². The van der Waals surface area contributed by atoms with E-state index >= 15 is 0 Å². The first-order chi connectivity index (χ1) is 11.6. The highest BCUT2D eigenvalue weighted by molar-refractivity contribution is 7.14. The monoisotopic (exact) mass is 363 g/mol. The molecule has 1 aromatic heterocycles. The van der Waals surface area contributed by atoms with Crippen molar-refractivity contribution >= 4 is 22.9 Å². The van der Waals surface area contributed by atoms with Crippen LogP contribution >= 0.6 is 22.9 Å². The molecule has 8 heteroatoms. The molecule has 0 bridgehead atoms. The number of aliphatic hydroxyl groups is 1. The van der Waals surface area contributed by atoms with Gasteiger partial charge in [-0.1, -0.05) is 29.0 Å². The highest BCUT2D eigenvalue weighted by atomic mass is 35.5. The largest absolute Gasteiger partial charge is 0.508 e. The molecule has 1 heterocycles. The van der Waals surface area contributed by atoms with Crippen molar-refractivity contribution in [1.82, 2.24) is 10.2 Å². The lowest BCUT2D eigenvalue weighted by Gasteiger charge is -2.08. The predicted molar refractivity (Wildman–Crippen MR) is 92.6 cm³/mol. The molecule has 0 radical (unpaired) electrons. The fourth-order valence-corrected chi connectivity index (χ4v) is 3.18. The molecule has 0 fully saturated rings. The molecule has 3 aromatic rings. The maximum atomic E-state index is 9.46. The molecule has 0 aliphatic rings. The molecule has 0 aliphatic carbocycles. The third kappa shape index (κ3) is 3.65. The third-order valence-corrected chi connectivity index (χ3v) is 4.58. The number of rotatable bonds is 5. The molecule has 6 nitrogen and oxygen atoms in total. The quantitative estimate of drug-likeness (QED) is 0.642. The van der Waals surface area contributed by atoms with Gasteiger partial charge in [0.05, 0.1) is 17.7 Å². The number of halogens is 1. The van der Waals surface area contributed by atoms with E-state index in [1.165, 1.54) is 17.4 Å². The van der Waals surface area contributed by atoms with Gasteiger partial charge in [-0.25, -0.2) is 0 Å². The second kappa shape index (κ2) is 7.14. The number of benzene rings is 2. The van der Waals surface area contributed by atoms with E-state index in [1.807, 2.05) is 0 Å². The molecule has 0 saturated carbocycles. The molecule has 0 saturated heterocycles. The van der Waals surface area contributed by atoms with E-state index in [1.54, 1.807) is 36.4 Å². The molecule has 4 N–H and O–H groups in total. The van der Waals surface area contributed by atoms with E-state index < -0.39 is 6.04 Å². The van der Waals surface area contributed by atoms with Gasteiger partial charge in [-0.15, -0.1) is 10.2 Å². The average molecular weight is 364 g/mol. The van der Waals surface area contributed by atoms with Crippen LogP contribution in [0.3, 0.4) is 0 Å². The minimum absolute atomic E-state index is 0.122. The first-order valence-corrected chi connectivity index (χ1v) is 8.23. The lowest BCUT2D eigenvalue weighted by molar-refractivity contribution is 0.267. The molecular weight excluding hydrogens is 350 g/mol. The molecule has 0 unspecified atom stereocenters. The summed E-state index contributed by atoms with van der Waals surface area (Å²) >= 11 is 7.59. The normalized spacial score (nSPS) is 12.1. The number of aliphatic hydroxyl groups excluding tert-OH is 1. The Morgan fingerprint density at radius 1 is 1.17 bits per heavy atom. The zero-order valence-corrected chi connectivity index (χ0v) is 14.0. The van der Waals surface area contributed by atoms with Crippen molar-refractivity contribution in [2.24, 2.45) is 5.73 Å². The smallest absolute Gasteiger partial charge is 0.149 e. The summed E-state index contributed by atoms with van der Waals surface area (Å²) in [5, 5.41) is 28.2. The Kier molecular flexibility index (Phi) is 4.96. The minimum atomic E-state index is -0.552. The van der Waals surface area contributed by atoms with Crippen molar-refractivity contribution in [1.29, 1.82) is 0 Å². The Hall–Kier alpha value is -2.19. The first-order valence-electron chi connectivity index (χ1n) is 7.03. The van der Waals surface area contributed by atoms with Crippen LogP contribution in [0.5, 0.6) is 17.2 Å². The number of aromatic hydroxyl groups is 1. The van der Waals surface area contributed by atoms with Crippen molar-refractivity contribution in [2.75, 3.05) is 6.61 Å². The van der Waals surface area contributed by atoms with Crippen LogP contribution < -0.4 is 10.5 Å². The Balaban J connectivity index is 1.83. The molecule has 0 amide bonds. The van der Waals surface area contributed by atoms with Crippen LogP contribution in [0.1, 0.15) is 11.0 Å². The summed E-state index contributed by atoms with van der Waals surface area (Å²) in [5.41, 5.74) is 6.43. The number of ether oxygens (including phenoxy) is 1. The molecule has 2 aromatic carbocycles. The predicted octanol–water partition coefficient (Wildman–Crippen LogP) is 3.35. The zero-order valence-electron chi connectivity index (χ0n) is 12.4. The minimum Gasteiger partial charge on any atom is -0.508 e. The molecule has 0 aliphatic heterocycles. The van der Waals surface area contributed by atoms with E-state index in [9.17, 15) is 5.11 Å². The summed E-state index contributed by atoms with van der Waals surface area (Å²) in [7, 11) is 0. The number of phenols is 1. The second-order valence-electron chi connectivity index (χ2n) is 4.98. The number of nitrogens with two attached hydrogens (primary N) is 1. The highest BCUT2D eigenvalue weighted by Gasteiger charge is 2.15. The van der Waals surface area contributed by atoms with Crippen molar-refractivity contribution in [3.63, 3.8) is 0 Å². The number of nitrogens with zero attached hydrogens (tertiary/aromatic N) is 2. The fourth-order valence-electron chi connectivity index (χ4n) is 1.99. The number of phenolic OH excluding ortho intramolecular Hbond substituents is 1. The van der Waals surface area contributed by atoms with Gasteiger partial charge in [-0.3, -0.25) is 0 Å². The lowest BCUT2D eigenvalue weighted by atomic mass is 10.2. The molecule has 0 spiro atoms. The summed E-state index contributed by atoms with van der Waals surface area (Å²) in [5.74, 6) is 1.16. The van der Waals surface area contributed by atoms with E-state index in [4.69, 9.17) is 27.2 Å². The van der Waals surface area contributed by atoms with Gasteiger partial charge in [-0.05, 0) is 24.3 Å². The fraction of sp³-hybridized carbons (Fsp3) is 0.125. The van der Waals surface area contributed by atoms with Gasteiger partial charge in [0.15, 0.2) is 0 Å². The Labute approximate surface area is 147 Å². The topological polar surface area (TPSA) is 101 Å². The molecular formula is C16H14ClN3O3S. The summed E-state index contributed by atoms with van der Waals surface area (Å²) in [6.07, 6.45) is 0. The molecule has 1 atom stereocenters. The summed E-state index contributed by atoms with van der Waals surface area (Å²) in [6, 6.07) is 11.1. The van der Waals surface area contributed by atoms with Gasteiger partial charge in [0.25, 0.3) is 0 Å². The maximum Gasteiger partial charge on any atom is 0.149 e. The van der Waals surface area contributed by atoms with Gasteiger partial charge < -0.3 is 20.7 Å². The van der Waals surface area contributed by atoms with Crippen LogP contribution in [-0.4, -0.2) is 27.0 Å². The van der Waals surface area contributed by atoms with Crippen molar-refractivity contribution < 1.29 is 14.9 Å². The van der Waals surface area contributed by atoms with Crippen LogP contribution in [0.4, 0.5) is 0 Å². The van der Waals surface area contributed by atoms with Crippen molar-refractivity contribution in [3.8, 4) is 27.8 Å². The SMILES string of the molecule is N[C@@H](CO)c1nnc(-c2ccc(Oc3cccc(O)c3)cc2Cl)s1. The van der Waals surface area contributed by atoms with Gasteiger partial charge in [0.2, 0.25) is 0 Å². The number of aromatic nitrogens is 2. The van der Waals surface area contributed by atoms with E-state index in [-0.39, 0.29) is 12.4 Å². The first kappa shape index (κ1) is 16.7. The average Bonchev–Trinajstić information content (AvgIpc) is 3.04. The van der Waals surface area contributed by atoms with Crippen LogP contribution in [0.15, 0.2) is 42.5 Å². The maximum absolute atomic E-state index is 9.46. The van der Waals surface area contributed by atoms with E-state index in [0.29, 0.717) is 32.1 Å². The molecule has 3 rings (SSSR count). The van der Waals surface area contributed by atoms with E-state index in [2.05, 4.69) is 10.2 Å². The third-order valence-electron chi connectivity index (χ3n) is 3.18. The van der Waals surface area contributed by atoms with Gasteiger partial charge >= 0.3 is 0 Å². The second-order valence-corrected chi connectivity index (χ2v) is 6.39. The van der Waals surface area contributed by atoms with Crippen LogP contribution in [0.2, 0.25) is 5.02 Å². The van der Waals surface area contributed by atoms with Crippen LogP contribution in [0, 0.1) is 0 Å². The highest BCUT2D eigenvalue weighted by Crippen LogP contribution is 2.35. The van der Waals surface area contributed by atoms with Crippen molar-refractivity contribution in [2.45, 2.75) is 6.04 Å². The van der Waals surface area contributed by atoms with Crippen LogP contribution in [0.25, 0.3) is 10.6 Å². The zero-order chi connectivity index (χ0) is 17.1. The lowest BCUT2D eigenvalue weighted by Crippen LogP contribution is -2.13. The summed E-state index contributed by atoms with van der Waals surface area (Å²) in [4.78, 5) is 0. The van der Waals surface area contributed by atoms with Gasteiger partial charge in [0, 0.05) is 17.7 Å². The van der Waals surface area contributed by atoms with Gasteiger partial charge in [0.1, 0.15) is 27.3 Å². The summed E-state index contributed by atoms with van der Waals surface area (Å²) < 4.78 is 5.66. The summed E-state index contributed by atoms with van der Waals surface area (Å²) in [6.45, 7) is -0.195. The molecule has 124 valence electrons. The Morgan fingerprint density at radius 2 is 1.96 bits per heavy atom.